The van der Waals surface area contributed by atoms with Gasteiger partial charge in [0.1, 0.15) is 11.4 Å². The average Bonchev–Trinajstić information content (AvgIpc) is 2.23. The highest BCUT2D eigenvalue weighted by Crippen LogP contribution is 2.38. The van der Waals surface area contributed by atoms with Gasteiger partial charge in [0.05, 0.1) is 0 Å². The van der Waals surface area contributed by atoms with E-state index in [1.165, 1.54) is 11.1 Å². The first kappa shape index (κ1) is 9.07. The van der Waals surface area contributed by atoms with Crippen LogP contribution in [0.5, 0.6) is 5.75 Å². The van der Waals surface area contributed by atoms with E-state index in [4.69, 9.17) is 4.74 Å². The molecular weight excluding hydrogens is 228 g/mol. The van der Waals surface area contributed by atoms with Gasteiger partial charge in [-0.2, -0.15) is 0 Å². The third-order valence-electron chi connectivity index (χ3n) is 2.31. The van der Waals surface area contributed by atoms with E-state index in [1.807, 2.05) is 0 Å². The lowest BCUT2D eigenvalue weighted by Gasteiger charge is -2.17. The predicted octanol–water partition coefficient (Wildman–Crippen LogP) is 3.47. The summed E-state index contributed by atoms with van der Waals surface area (Å²) >= 11 is 3.50. The van der Waals surface area contributed by atoms with Crippen LogP contribution in [0.1, 0.15) is 25.0 Å². The zero-order valence-corrected chi connectivity index (χ0v) is 9.73. The van der Waals surface area contributed by atoms with E-state index < -0.39 is 0 Å². The fourth-order valence-corrected chi connectivity index (χ4v) is 2.47. The molecule has 1 nitrogen and oxygen atoms in total. The van der Waals surface area contributed by atoms with E-state index in [9.17, 15) is 0 Å². The standard InChI is InChI=1S/C11H13BrO/c1-7-4-9(12)5-8-6-11(2,3)13-10(7)8/h4-5H,6H2,1-3H3. The van der Waals surface area contributed by atoms with Crippen LogP contribution in [-0.4, -0.2) is 5.60 Å². The zero-order chi connectivity index (χ0) is 9.64. The first-order chi connectivity index (χ1) is 5.98. The molecule has 0 saturated carbocycles. The molecule has 1 aliphatic heterocycles. The lowest BCUT2D eigenvalue weighted by atomic mass is 10.0. The van der Waals surface area contributed by atoms with Crippen LogP contribution < -0.4 is 4.74 Å². The molecule has 0 spiro atoms. The minimum Gasteiger partial charge on any atom is -0.487 e. The van der Waals surface area contributed by atoms with E-state index in [1.54, 1.807) is 0 Å². The maximum Gasteiger partial charge on any atom is 0.126 e. The minimum absolute atomic E-state index is 0.0338. The lowest BCUT2D eigenvalue weighted by molar-refractivity contribution is 0.137. The van der Waals surface area contributed by atoms with Gasteiger partial charge in [-0.25, -0.2) is 0 Å². The second-order valence-electron chi connectivity index (χ2n) is 4.25. The zero-order valence-electron chi connectivity index (χ0n) is 8.15. The Morgan fingerprint density at radius 3 is 2.77 bits per heavy atom. The van der Waals surface area contributed by atoms with E-state index in [-0.39, 0.29) is 5.60 Å². The summed E-state index contributed by atoms with van der Waals surface area (Å²) < 4.78 is 7.00. The molecule has 0 unspecified atom stereocenters. The van der Waals surface area contributed by atoms with Crippen molar-refractivity contribution in [1.82, 2.24) is 0 Å². The van der Waals surface area contributed by atoms with Gasteiger partial charge in [-0.3, -0.25) is 0 Å². The quantitative estimate of drug-likeness (QED) is 0.675. The van der Waals surface area contributed by atoms with Crippen molar-refractivity contribution in [2.75, 3.05) is 0 Å². The largest absolute Gasteiger partial charge is 0.487 e. The molecule has 70 valence electrons. The average molecular weight is 241 g/mol. The lowest BCUT2D eigenvalue weighted by Crippen LogP contribution is -2.24. The summed E-state index contributed by atoms with van der Waals surface area (Å²) in [6.45, 7) is 6.34. The number of halogens is 1. The maximum absolute atomic E-state index is 5.86. The van der Waals surface area contributed by atoms with Crippen molar-refractivity contribution < 1.29 is 4.74 Å². The summed E-state index contributed by atoms with van der Waals surface area (Å²) in [5.41, 5.74) is 2.50. The van der Waals surface area contributed by atoms with Gasteiger partial charge in [0.15, 0.2) is 0 Å². The third-order valence-corrected chi connectivity index (χ3v) is 2.77. The van der Waals surface area contributed by atoms with Crippen molar-refractivity contribution >= 4 is 15.9 Å². The normalized spacial score (nSPS) is 18.2. The Labute approximate surface area is 87.2 Å². The van der Waals surface area contributed by atoms with E-state index in [2.05, 4.69) is 48.8 Å². The topological polar surface area (TPSA) is 9.23 Å². The molecule has 1 aromatic carbocycles. The van der Waals surface area contributed by atoms with Crippen LogP contribution in [0.3, 0.4) is 0 Å². The number of fused-ring (bicyclic) bond motifs is 1. The van der Waals surface area contributed by atoms with Crippen LogP contribution in [0.4, 0.5) is 0 Å². The third kappa shape index (κ3) is 1.60. The van der Waals surface area contributed by atoms with Gasteiger partial charge in [-0.15, -0.1) is 0 Å². The Bertz CT molecular complexity index is 355. The van der Waals surface area contributed by atoms with Crippen molar-refractivity contribution in [2.45, 2.75) is 32.8 Å². The van der Waals surface area contributed by atoms with Crippen molar-refractivity contribution in [1.29, 1.82) is 0 Å². The van der Waals surface area contributed by atoms with Crippen LogP contribution in [0.2, 0.25) is 0 Å². The molecule has 1 heterocycles. The van der Waals surface area contributed by atoms with Crippen molar-refractivity contribution in [2.24, 2.45) is 0 Å². The summed E-state index contributed by atoms with van der Waals surface area (Å²) in [6, 6.07) is 4.25. The van der Waals surface area contributed by atoms with Gasteiger partial charge in [-0.05, 0) is 44.0 Å². The molecule has 0 atom stereocenters. The van der Waals surface area contributed by atoms with Gasteiger partial charge in [-0.1, -0.05) is 15.9 Å². The Balaban J connectivity index is 2.52. The highest BCUT2D eigenvalue weighted by atomic mass is 79.9. The van der Waals surface area contributed by atoms with Gasteiger partial charge < -0.3 is 4.74 Å². The van der Waals surface area contributed by atoms with E-state index in [0.717, 1.165) is 16.6 Å². The van der Waals surface area contributed by atoms with Crippen LogP contribution >= 0.6 is 15.9 Å². The fraction of sp³-hybridized carbons (Fsp3) is 0.455. The number of hydrogen-bond acceptors (Lipinski definition) is 1. The molecule has 0 saturated heterocycles. The molecule has 0 aliphatic carbocycles. The van der Waals surface area contributed by atoms with Crippen molar-refractivity contribution in [3.05, 3.63) is 27.7 Å². The Hall–Kier alpha value is -0.500. The number of aryl methyl sites for hydroxylation is 1. The van der Waals surface area contributed by atoms with Crippen LogP contribution in [0.15, 0.2) is 16.6 Å². The Morgan fingerprint density at radius 1 is 1.38 bits per heavy atom. The molecule has 2 heteroatoms. The van der Waals surface area contributed by atoms with Crippen molar-refractivity contribution in [3.8, 4) is 5.75 Å². The fourth-order valence-electron chi connectivity index (χ4n) is 1.85. The molecule has 0 amide bonds. The molecule has 13 heavy (non-hydrogen) atoms. The van der Waals surface area contributed by atoms with Gasteiger partial charge in [0.2, 0.25) is 0 Å². The number of hydrogen-bond donors (Lipinski definition) is 0. The van der Waals surface area contributed by atoms with E-state index >= 15 is 0 Å². The molecule has 0 radical (unpaired) electrons. The summed E-state index contributed by atoms with van der Waals surface area (Å²) in [5, 5.41) is 0. The van der Waals surface area contributed by atoms with Crippen LogP contribution in [-0.2, 0) is 6.42 Å². The van der Waals surface area contributed by atoms with Crippen LogP contribution in [0.25, 0.3) is 0 Å². The smallest absolute Gasteiger partial charge is 0.126 e. The predicted molar refractivity (Wildman–Crippen MR) is 57.3 cm³/mol. The molecular formula is C11H13BrO. The number of rotatable bonds is 0. The number of benzene rings is 1. The minimum atomic E-state index is -0.0338. The highest BCUT2D eigenvalue weighted by molar-refractivity contribution is 9.10. The maximum atomic E-state index is 5.86. The summed E-state index contributed by atoms with van der Waals surface area (Å²) in [4.78, 5) is 0. The molecule has 1 aliphatic rings. The Morgan fingerprint density at radius 2 is 2.08 bits per heavy atom. The summed E-state index contributed by atoms with van der Waals surface area (Å²) in [6.07, 6.45) is 1.00. The van der Waals surface area contributed by atoms with Gasteiger partial charge in [0, 0.05) is 10.9 Å². The van der Waals surface area contributed by atoms with Crippen LogP contribution in [0, 0.1) is 6.92 Å². The first-order valence-corrected chi connectivity index (χ1v) is 5.25. The molecule has 0 aromatic heterocycles. The van der Waals surface area contributed by atoms with Gasteiger partial charge in [0.25, 0.3) is 0 Å². The highest BCUT2D eigenvalue weighted by Gasteiger charge is 2.31. The molecule has 0 bridgehead atoms. The molecule has 0 N–H and O–H groups in total. The second-order valence-corrected chi connectivity index (χ2v) is 5.17. The van der Waals surface area contributed by atoms with Crippen molar-refractivity contribution in [3.63, 3.8) is 0 Å². The molecule has 2 rings (SSSR count). The second kappa shape index (κ2) is 2.74. The van der Waals surface area contributed by atoms with Gasteiger partial charge >= 0.3 is 0 Å². The molecule has 0 fully saturated rings. The Kier molecular flexibility index (Phi) is 1.91. The summed E-state index contributed by atoms with van der Waals surface area (Å²) in [7, 11) is 0. The van der Waals surface area contributed by atoms with E-state index in [0.29, 0.717) is 0 Å². The number of ether oxygens (including phenoxy) is 1. The molecule has 1 aromatic rings. The monoisotopic (exact) mass is 240 g/mol. The SMILES string of the molecule is Cc1cc(Br)cc2c1OC(C)(C)C2. The summed E-state index contributed by atoms with van der Waals surface area (Å²) in [5.74, 6) is 1.08. The first-order valence-electron chi connectivity index (χ1n) is 4.46.